The summed E-state index contributed by atoms with van der Waals surface area (Å²) in [5, 5.41) is 2.26. The zero-order valence-corrected chi connectivity index (χ0v) is 24.1. The van der Waals surface area contributed by atoms with Crippen LogP contribution in [0, 0.1) is 10.5 Å². The summed E-state index contributed by atoms with van der Waals surface area (Å²) in [5.41, 5.74) is 2.90. The van der Waals surface area contributed by atoms with E-state index in [2.05, 4.69) is 27.9 Å². The standard InChI is InChI=1S/C30H29IN2O6/c1-4-14-38-27-25(31)16-21(17-26(27)37-5-2)15-24-28(34)32-30(36)33(29(24)35)22-10-12-23(13-11-22)39-18-20-8-6-19(3)7-9-20/h6-13,15-17H,4-5,14,18H2,1-3H3,(H,32,34,36)/b24-15+. The second kappa shape index (κ2) is 12.8. The molecule has 0 aromatic heterocycles. The van der Waals surface area contributed by atoms with Crippen molar-refractivity contribution >= 4 is 52.2 Å². The average molecular weight is 640 g/mol. The molecule has 0 bridgehead atoms. The van der Waals surface area contributed by atoms with E-state index < -0.39 is 17.8 Å². The molecule has 1 fully saturated rings. The summed E-state index contributed by atoms with van der Waals surface area (Å²) < 4.78 is 18.2. The summed E-state index contributed by atoms with van der Waals surface area (Å²) >= 11 is 2.13. The van der Waals surface area contributed by atoms with Gasteiger partial charge in [0.15, 0.2) is 11.5 Å². The number of aryl methyl sites for hydroxylation is 1. The van der Waals surface area contributed by atoms with E-state index in [1.54, 1.807) is 36.4 Å². The van der Waals surface area contributed by atoms with Crippen molar-refractivity contribution in [3.63, 3.8) is 0 Å². The van der Waals surface area contributed by atoms with Crippen LogP contribution in [0.15, 0.2) is 66.2 Å². The van der Waals surface area contributed by atoms with Crippen LogP contribution in [0.2, 0.25) is 0 Å². The van der Waals surface area contributed by atoms with Gasteiger partial charge in [-0.15, -0.1) is 0 Å². The number of nitrogens with one attached hydrogen (secondary N) is 1. The Balaban J connectivity index is 1.56. The fourth-order valence-corrected chi connectivity index (χ4v) is 4.66. The minimum absolute atomic E-state index is 0.172. The van der Waals surface area contributed by atoms with E-state index in [0.717, 1.165) is 20.5 Å². The minimum atomic E-state index is -0.816. The minimum Gasteiger partial charge on any atom is -0.490 e. The number of urea groups is 1. The normalized spacial score (nSPS) is 14.4. The summed E-state index contributed by atoms with van der Waals surface area (Å²) in [5.74, 6) is 0.222. The Morgan fingerprint density at radius 3 is 2.31 bits per heavy atom. The van der Waals surface area contributed by atoms with Gasteiger partial charge >= 0.3 is 6.03 Å². The Kier molecular flexibility index (Phi) is 9.23. The van der Waals surface area contributed by atoms with Crippen molar-refractivity contribution in [1.82, 2.24) is 5.32 Å². The molecular weight excluding hydrogens is 611 g/mol. The van der Waals surface area contributed by atoms with Gasteiger partial charge in [-0.05, 0) is 96.5 Å². The molecule has 0 atom stereocenters. The Morgan fingerprint density at radius 1 is 0.923 bits per heavy atom. The number of hydrogen-bond donors (Lipinski definition) is 1. The molecule has 0 unspecified atom stereocenters. The quantitative estimate of drug-likeness (QED) is 0.165. The maximum atomic E-state index is 13.4. The van der Waals surface area contributed by atoms with Crippen molar-refractivity contribution < 1.29 is 28.6 Å². The van der Waals surface area contributed by atoms with Crippen LogP contribution in [0.5, 0.6) is 17.2 Å². The van der Waals surface area contributed by atoms with Gasteiger partial charge < -0.3 is 14.2 Å². The van der Waals surface area contributed by atoms with Gasteiger partial charge in [0.2, 0.25) is 0 Å². The highest BCUT2D eigenvalue weighted by atomic mass is 127. The van der Waals surface area contributed by atoms with E-state index in [4.69, 9.17) is 14.2 Å². The van der Waals surface area contributed by atoms with Crippen LogP contribution in [0.25, 0.3) is 6.08 Å². The lowest BCUT2D eigenvalue weighted by molar-refractivity contribution is -0.122. The Labute approximate surface area is 241 Å². The summed E-state index contributed by atoms with van der Waals surface area (Å²) in [6, 6.07) is 17.3. The van der Waals surface area contributed by atoms with E-state index in [-0.39, 0.29) is 5.57 Å². The molecule has 3 aromatic carbocycles. The number of anilines is 1. The fourth-order valence-electron chi connectivity index (χ4n) is 3.88. The molecule has 0 aliphatic carbocycles. The van der Waals surface area contributed by atoms with Crippen LogP contribution in [-0.2, 0) is 16.2 Å². The van der Waals surface area contributed by atoms with Crippen LogP contribution < -0.4 is 24.4 Å². The molecule has 4 amide bonds. The number of imide groups is 2. The molecule has 0 radical (unpaired) electrons. The molecule has 1 heterocycles. The van der Waals surface area contributed by atoms with Gasteiger partial charge in [-0.3, -0.25) is 14.9 Å². The average Bonchev–Trinajstić information content (AvgIpc) is 2.91. The molecule has 0 spiro atoms. The highest BCUT2D eigenvalue weighted by Crippen LogP contribution is 2.35. The number of ether oxygens (including phenoxy) is 3. The van der Waals surface area contributed by atoms with Crippen molar-refractivity contribution in [3.05, 3.63) is 86.5 Å². The van der Waals surface area contributed by atoms with Crippen molar-refractivity contribution in [2.75, 3.05) is 18.1 Å². The molecule has 9 heteroatoms. The molecule has 4 rings (SSSR count). The SMILES string of the molecule is CCCOc1c(I)cc(/C=C2\C(=O)NC(=O)N(c3ccc(OCc4ccc(C)cc4)cc3)C2=O)cc1OCC. The fraction of sp³-hybridized carbons (Fsp3) is 0.233. The lowest BCUT2D eigenvalue weighted by atomic mass is 10.1. The van der Waals surface area contributed by atoms with Gasteiger partial charge in [-0.1, -0.05) is 36.8 Å². The summed E-state index contributed by atoms with van der Waals surface area (Å²) in [6.07, 6.45) is 2.29. The first-order valence-corrected chi connectivity index (χ1v) is 13.7. The first-order valence-electron chi connectivity index (χ1n) is 12.6. The van der Waals surface area contributed by atoms with Gasteiger partial charge in [-0.2, -0.15) is 0 Å². The molecule has 0 saturated carbocycles. The van der Waals surface area contributed by atoms with Gasteiger partial charge in [0.25, 0.3) is 11.8 Å². The van der Waals surface area contributed by atoms with Crippen molar-refractivity contribution in [3.8, 4) is 17.2 Å². The molecule has 1 saturated heterocycles. The third kappa shape index (κ3) is 6.78. The van der Waals surface area contributed by atoms with Crippen molar-refractivity contribution in [2.45, 2.75) is 33.8 Å². The molecular formula is C30H29IN2O6. The summed E-state index contributed by atoms with van der Waals surface area (Å²) in [7, 11) is 0. The first kappa shape index (κ1) is 28.2. The number of nitrogens with zero attached hydrogens (tertiary/aromatic N) is 1. The number of halogens is 1. The molecule has 202 valence electrons. The van der Waals surface area contributed by atoms with Crippen LogP contribution in [-0.4, -0.2) is 31.1 Å². The first-order chi connectivity index (χ1) is 18.8. The highest BCUT2D eigenvalue weighted by molar-refractivity contribution is 14.1. The molecule has 8 nitrogen and oxygen atoms in total. The number of carbonyl (C=O) groups excluding carboxylic acids is 3. The Hall–Kier alpha value is -3.86. The Morgan fingerprint density at radius 2 is 1.64 bits per heavy atom. The van der Waals surface area contributed by atoms with Crippen molar-refractivity contribution in [1.29, 1.82) is 0 Å². The second-order valence-corrected chi connectivity index (χ2v) is 10.00. The predicted octanol–water partition coefficient (Wildman–Crippen LogP) is 6.03. The van der Waals surface area contributed by atoms with Crippen LogP contribution in [0.1, 0.15) is 37.0 Å². The molecule has 1 N–H and O–H groups in total. The third-order valence-corrected chi connectivity index (χ3v) is 6.62. The summed E-state index contributed by atoms with van der Waals surface area (Å²) in [4.78, 5) is 39.6. The lowest BCUT2D eigenvalue weighted by Crippen LogP contribution is -2.54. The van der Waals surface area contributed by atoms with Crippen LogP contribution in [0.4, 0.5) is 10.5 Å². The highest BCUT2D eigenvalue weighted by Gasteiger charge is 2.37. The largest absolute Gasteiger partial charge is 0.490 e. The number of rotatable bonds is 10. The second-order valence-electron chi connectivity index (χ2n) is 8.84. The summed E-state index contributed by atoms with van der Waals surface area (Å²) in [6.45, 7) is 7.23. The van der Waals surface area contributed by atoms with E-state index in [1.807, 2.05) is 45.0 Å². The molecule has 1 aliphatic rings. The van der Waals surface area contributed by atoms with Crippen LogP contribution in [0.3, 0.4) is 0 Å². The smallest absolute Gasteiger partial charge is 0.335 e. The number of barbiturate groups is 1. The lowest BCUT2D eigenvalue weighted by Gasteiger charge is -2.26. The van der Waals surface area contributed by atoms with E-state index in [9.17, 15) is 14.4 Å². The zero-order valence-electron chi connectivity index (χ0n) is 22.0. The van der Waals surface area contributed by atoms with E-state index in [0.29, 0.717) is 48.3 Å². The maximum absolute atomic E-state index is 13.4. The van der Waals surface area contributed by atoms with E-state index >= 15 is 0 Å². The van der Waals surface area contributed by atoms with Gasteiger partial charge in [0, 0.05) is 0 Å². The number of hydrogen-bond acceptors (Lipinski definition) is 6. The van der Waals surface area contributed by atoms with Crippen molar-refractivity contribution in [2.24, 2.45) is 0 Å². The Bertz CT molecular complexity index is 1400. The monoisotopic (exact) mass is 640 g/mol. The molecule has 1 aliphatic heterocycles. The number of benzene rings is 3. The maximum Gasteiger partial charge on any atom is 0.335 e. The molecule has 39 heavy (non-hydrogen) atoms. The number of carbonyl (C=O) groups is 3. The zero-order chi connectivity index (χ0) is 27.9. The van der Waals surface area contributed by atoms with Gasteiger partial charge in [0.1, 0.15) is 17.9 Å². The topological polar surface area (TPSA) is 94.2 Å². The van der Waals surface area contributed by atoms with E-state index in [1.165, 1.54) is 11.6 Å². The van der Waals surface area contributed by atoms with Gasteiger partial charge in [0.05, 0.1) is 22.5 Å². The molecule has 3 aromatic rings. The predicted molar refractivity (Wildman–Crippen MR) is 157 cm³/mol. The number of amides is 4. The third-order valence-electron chi connectivity index (χ3n) is 5.82. The van der Waals surface area contributed by atoms with Gasteiger partial charge in [-0.25, -0.2) is 9.69 Å². The van der Waals surface area contributed by atoms with Crippen LogP contribution >= 0.6 is 22.6 Å².